The van der Waals surface area contributed by atoms with E-state index in [4.69, 9.17) is 18.9 Å². The summed E-state index contributed by atoms with van der Waals surface area (Å²) in [6, 6.07) is 15.6. The molecule has 35 heavy (non-hydrogen) atoms. The molecule has 0 spiro atoms. The summed E-state index contributed by atoms with van der Waals surface area (Å²) in [5, 5.41) is 9.54. The van der Waals surface area contributed by atoms with Gasteiger partial charge >= 0.3 is 12.0 Å². The Kier molecular flexibility index (Phi) is 7.79. The molecule has 184 valence electrons. The Labute approximate surface area is 204 Å². The molecule has 1 aliphatic rings. The minimum absolute atomic E-state index is 0.114. The molecule has 9 nitrogen and oxygen atoms in total. The summed E-state index contributed by atoms with van der Waals surface area (Å²) >= 11 is 0. The second-order valence-electron chi connectivity index (χ2n) is 8.15. The maximum absolute atomic E-state index is 11.6. The van der Waals surface area contributed by atoms with Crippen LogP contribution in [0.4, 0.5) is 0 Å². The fraction of sp³-hybridized carbons (Fsp3) is 0.346. The van der Waals surface area contributed by atoms with E-state index in [2.05, 4.69) is 35.1 Å². The minimum Gasteiger partial charge on any atom is -0.481 e. The topological polar surface area (TPSA) is 103 Å². The van der Waals surface area contributed by atoms with Crippen molar-refractivity contribution >= 4 is 5.97 Å². The largest absolute Gasteiger partial charge is 0.481 e. The lowest BCUT2D eigenvalue weighted by Crippen LogP contribution is -2.49. The van der Waals surface area contributed by atoms with Gasteiger partial charge in [0, 0.05) is 13.1 Å². The number of rotatable bonds is 9. The van der Waals surface area contributed by atoms with Crippen molar-refractivity contribution in [3.8, 4) is 28.9 Å². The van der Waals surface area contributed by atoms with Crippen LogP contribution in [0.25, 0.3) is 11.1 Å². The normalized spacial score (nSPS) is 16.0. The molecule has 1 unspecified atom stereocenters. The van der Waals surface area contributed by atoms with Gasteiger partial charge in [0.15, 0.2) is 0 Å². The summed E-state index contributed by atoms with van der Waals surface area (Å²) in [7, 11) is 2.99. The van der Waals surface area contributed by atoms with Crippen LogP contribution in [-0.4, -0.2) is 66.0 Å². The zero-order valence-corrected chi connectivity index (χ0v) is 20.1. The number of nitrogens with zero attached hydrogens (tertiary/aromatic N) is 3. The Morgan fingerprint density at radius 2 is 1.80 bits per heavy atom. The number of hydrogen-bond donors (Lipinski definition) is 1. The van der Waals surface area contributed by atoms with Crippen molar-refractivity contribution in [3.05, 3.63) is 65.2 Å². The molecule has 2 heterocycles. The number of ether oxygens (including phenoxy) is 4. The molecule has 0 bridgehead atoms. The summed E-state index contributed by atoms with van der Waals surface area (Å²) in [6.45, 7) is 3.58. The third-order valence-electron chi connectivity index (χ3n) is 6.07. The lowest BCUT2D eigenvalue weighted by Gasteiger charge is -2.33. The van der Waals surface area contributed by atoms with Gasteiger partial charge in [-0.05, 0) is 29.2 Å². The highest BCUT2D eigenvalue weighted by Gasteiger charge is 2.31. The van der Waals surface area contributed by atoms with Crippen molar-refractivity contribution in [2.45, 2.75) is 26.1 Å². The first-order valence-corrected chi connectivity index (χ1v) is 11.3. The maximum Gasteiger partial charge on any atom is 0.323 e. The molecule has 1 N–H and O–H groups in total. The standard InChI is InChI=1S/C26H29N3O6/c1-17-19(10-7-11-20(17)18-8-5-4-6-9-18)15-35-26-27-23(32-2)21(24(28-26)33-3)14-29-12-13-34-16-22(29)25(30)31/h4-11,22H,12-16H2,1-3H3,(H,30,31). The van der Waals surface area contributed by atoms with Gasteiger partial charge in [-0.3, -0.25) is 9.69 Å². The van der Waals surface area contributed by atoms with Crippen LogP contribution < -0.4 is 14.2 Å². The smallest absolute Gasteiger partial charge is 0.323 e. The highest BCUT2D eigenvalue weighted by molar-refractivity contribution is 5.73. The summed E-state index contributed by atoms with van der Waals surface area (Å²) in [4.78, 5) is 22.3. The van der Waals surface area contributed by atoms with Crippen LogP contribution in [0.1, 0.15) is 16.7 Å². The molecule has 4 rings (SSSR count). The molecule has 1 aromatic heterocycles. The van der Waals surface area contributed by atoms with E-state index in [0.717, 1.165) is 22.3 Å². The first-order chi connectivity index (χ1) is 17.0. The van der Waals surface area contributed by atoms with E-state index in [1.54, 1.807) is 4.90 Å². The van der Waals surface area contributed by atoms with Crippen LogP contribution in [-0.2, 0) is 22.7 Å². The second-order valence-corrected chi connectivity index (χ2v) is 8.15. The van der Waals surface area contributed by atoms with Gasteiger partial charge in [0.1, 0.15) is 12.6 Å². The van der Waals surface area contributed by atoms with Crippen molar-refractivity contribution in [2.75, 3.05) is 34.0 Å². The fourth-order valence-corrected chi connectivity index (χ4v) is 4.13. The number of benzene rings is 2. The van der Waals surface area contributed by atoms with Crippen LogP contribution in [0.3, 0.4) is 0 Å². The number of morpholine rings is 1. The number of aliphatic carboxylic acids is 1. The zero-order chi connectivity index (χ0) is 24.8. The second kappa shape index (κ2) is 11.2. The van der Waals surface area contributed by atoms with E-state index in [0.29, 0.717) is 18.7 Å². The third kappa shape index (κ3) is 5.52. The molecule has 1 aliphatic heterocycles. The van der Waals surface area contributed by atoms with Crippen LogP contribution >= 0.6 is 0 Å². The van der Waals surface area contributed by atoms with E-state index < -0.39 is 12.0 Å². The number of hydrogen-bond acceptors (Lipinski definition) is 8. The molecule has 3 aromatic rings. The highest BCUT2D eigenvalue weighted by atomic mass is 16.5. The van der Waals surface area contributed by atoms with E-state index >= 15 is 0 Å². The van der Waals surface area contributed by atoms with Gasteiger partial charge in [0.05, 0.1) is 33.0 Å². The minimum atomic E-state index is -0.948. The van der Waals surface area contributed by atoms with Gasteiger partial charge in [-0.1, -0.05) is 48.5 Å². The van der Waals surface area contributed by atoms with Gasteiger partial charge in [-0.2, -0.15) is 9.97 Å². The average Bonchev–Trinajstić information content (AvgIpc) is 2.89. The van der Waals surface area contributed by atoms with Crippen molar-refractivity contribution in [1.82, 2.24) is 14.9 Å². The molecule has 0 amide bonds. The van der Waals surface area contributed by atoms with Gasteiger partial charge in [0.25, 0.3) is 0 Å². The predicted octanol–water partition coefficient (Wildman–Crippen LogP) is 3.33. The number of carboxylic acids is 1. The Morgan fingerprint density at radius 3 is 2.46 bits per heavy atom. The molecule has 9 heteroatoms. The molecule has 0 radical (unpaired) electrons. The van der Waals surface area contributed by atoms with Crippen LogP contribution in [0, 0.1) is 6.92 Å². The average molecular weight is 480 g/mol. The Bertz CT molecular complexity index is 1150. The van der Waals surface area contributed by atoms with Crippen LogP contribution in [0.5, 0.6) is 17.8 Å². The van der Waals surface area contributed by atoms with Gasteiger partial charge in [-0.25, -0.2) is 0 Å². The summed E-state index contributed by atoms with van der Waals surface area (Å²) < 4.78 is 22.3. The Morgan fingerprint density at radius 1 is 1.09 bits per heavy atom. The van der Waals surface area contributed by atoms with Crippen molar-refractivity contribution in [1.29, 1.82) is 0 Å². The predicted molar refractivity (Wildman–Crippen MR) is 129 cm³/mol. The van der Waals surface area contributed by atoms with Gasteiger partial charge in [0.2, 0.25) is 11.8 Å². The Hall–Kier alpha value is -3.69. The summed E-state index contributed by atoms with van der Waals surface area (Å²) in [6.07, 6.45) is 0. The van der Waals surface area contributed by atoms with E-state index in [-0.39, 0.29) is 37.5 Å². The molecule has 2 aromatic carbocycles. The quantitative estimate of drug-likeness (QED) is 0.495. The number of carboxylic acid groups (broad SMARTS) is 1. The highest BCUT2D eigenvalue weighted by Crippen LogP contribution is 2.31. The first kappa shape index (κ1) is 24.4. The van der Waals surface area contributed by atoms with Crippen LogP contribution in [0.2, 0.25) is 0 Å². The molecule has 1 atom stereocenters. The molecule has 1 fully saturated rings. The molecular formula is C26H29N3O6. The lowest BCUT2D eigenvalue weighted by molar-refractivity contribution is -0.150. The SMILES string of the molecule is COc1nc(OCc2cccc(-c3ccccc3)c2C)nc(OC)c1CN1CCOCC1C(=O)O. The van der Waals surface area contributed by atoms with Crippen molar-refractivity contribution in [3.63, 3.8) is 0 Å². The molecule has 1 saturated heterocycles. The third-order valence-corrected chi connectivity index (χ3v) is 6.07. The van der Waals surface area contributed by atoms with Crippen molar-refractivity contribution in [2.24, 2.45) is 0 Å². The number of aromatic nitrogens is 2. The van der Waals surface area contributed by atoms with E-state index in [1.165, 1.54) is 14.2 Å². The van der Waals surface area contributed by atoms with E-state index in [9.17, 15) is 9.90 Å². The lowest BCUT2D eigenvalue weighted by atomic mass is 9.97. The van der Waals surface area contributed by atoms with Gasteiger partial charge < -0.3 is 24.1 Å². The fourth-order valence-electron chi connectivity index (χ4n) is 4.13. The molecular weight excluding hydrogens is 450 g/mol. The van der Waals surface area contributed by atoms with Crippen molar-refractivity contribution < 1.29 is 28.8 Å². The van der Waals surface area contributed by atoms with Crippen LogP contribution in [0.15, 0.2) is 48.5 Å². The monoisotopic (exact) mass is 479 g/mol. The van der Waals surface area contributed by atoms with E-state index in [1.807, 2.05) is 30.3 Å². The molecule has 0 saturated carbocycles. The van der Waals surface area contributed by atoms with Gasteiger partial charge in [-0.15, -0.1) is 0 Å². The number of methoxy groups -OCH3 is 2. The zero-order valence-electron chi connectivity index (χ0n) is 20.1. The maximum atomic E-state index is 11.6. The number of carbonyl (C=O) groups is 1. The summed E-state index contributed by atoms with van der Waals surface area (Å²) in [5.41, 5.74) is 4.95. The molecule has 0 aliphatic carbocycles. The first-order valence-electron chi connectivity index (χ1n) is 11.3. The summed E-state index contributed by atoms with van der Waals surface area (Å²) in [5.74, 6) is -0.397. The Balaban J connectivity index is 1.55.